The van der Waals surface area contributed by atoms with Crippen LogP contribution in [0, 0.1) is 5.92 Å². The topological polar surface area (TPSA) is 64.1 Å². The lowest BCUT2D eigenvalue weighted by Crippen LogP contribution is -2.23. The van der Waals surface area contributed by atoms with E-state index in [1.54, 1.807) is 6.07 Å². The second kappa shape index (κ2) is 4.00. The van der Waals surface area contributed by atoms with Crippen molar-refractivity contribution in [2.75, 3.05) is 5.73 Å². The summed E-state index contributed by atoms with van der Waals surface area (Å²) in [6.45, 7) is 0.883. The Morgan fingerprint density at radius 2 is 2.43 bits per heavy atom. The molecule has 3 N–H and O–H groups in total. The number of nitrogen functional groups attached to an aromatic ring is 1. The highest BCUT2D eigenvalue weighted by Gasteiger charge is 2.20. The van der Waals surface area contributed by atoms with Gasteiger partial charge in [0.05, 0.1) is 6.10 Å². The molecule has 4 nitrogen and oxygen atoms in total. The zero-order valence-corrected chi connectivity index (χ0v) is 8.26. The average Bonchev–Trinajstić information content (AvgIpc) is 2.51. The normalized spacial score (nSPS) is 27.8. The van der Waals surface area contributed by atoms with Crippen molar-refractivity contribution in [3.63, 3.8) is 0 Å². The Morgan fingerprint density at radius 3 is 3.07 bits per heavy atom. The van der Waals surface area contributed by atoms with Crippen LogP contribution in [-0.4, -0.2) is 21.0 Å². The summed E-state index contributed by atoms with van der Waals surface area (Å²) in [6, 6.07) is 1.80. The first-order valence-corrected chi connectivity index (χ1v) is 5.21. The minimum absolute atomic E-state index is 0.110. The molecule has 0 aliphatic heterocycles. The molecule has 1 heterocycles. The summed E-state index contributed by atoms with van der Waals surface area (Å²) in [6.07, 6.45) is 5.97. The number of hydrogen-bond donors (Lipinski definition) is 2. The van der Waals surface area contributed by atoms with Gasteiger partial charge < -0.3 is 10.8 Å². The molecular formula is C10H17N3O. The highest BCUT2D eigenvalue weighted by atomic mass is 16.3. The monoisotopic (exact) mass is 195 g/mol. The van der Waals surface area contributed by atoms with E-state index in [1.165, 1.54) is 6.42 Å². The lowest BCUT2D eigenvalue weighted by atomic mass is 9.87. The maximum absolute atomic E-state index is 9.51. The molecule has 0 radical (unpaired) electrons. The van der Waals surface area contributed by atoms with Crippen molar-refractivity contribution in [2.24, 2.45) is 5.92 Å². The fourth-order valence-electron chi connectivity index (χ4n) is 2.17. The van der Waals surface area contributed by atoms with E-state index in [9.17, 15) is 5.11 Å². The Hall–Kier alpha value is -1.03. The van der Waals surface area contributed by atoms with Gasteiger partial charge in [-0.1, -0.05) is 6.42 Å². The van der Waals surface area contributed by atoms with Gasteiger partial charge in [-0.15, -0.1) is 0 Å². The van der Waals surface area contributed by atoms with Gasteiger partial charge in [-0.3, -0.25) is 4.68 Å². The molecule has 1 aliphatic rings. The minimum atomic E-state index is -0.110. The Bertz CT molecular complexity index is 297. The van der Waals surface area contributed by atoms with Gasteiger partial charge >= 0.3 is 0 Å². The number of nitrogens with zero attached hydrogens (tertiary/aromatic N) is 2. The first kappa shape index (κ1) is 9.52. The summed E-state index contributed by atoms with van der Waals surface area (Å²) < 4.78 is 1.87. The second-order valence-corrected chi connectivity index (χ2v) is 4.15. The minimum Gasteiger partial charge on any atom is -0.393 e. The zero-order valence-electron chi connectivity index (χ0n) is 8.26. The summed E-state index contributed by atoms with van der Waals surface area (Å²) in [5.74, 6) is 1.12. The summed E-state index contributed by atoms with van der Waals surface area (Å²) in [5, 5.41) is 13.7. The molecule has 1 saturated carbocycles. The van der Waals surface area contributed by atoms with Crippen LogP contribution in [0.4, 0.5) is 5.82 Å². The highest BCUT2D eigenvalue weighted by molar-refractivity contribution is 5.23. The van der Waals surface area contributed by atoms with Gasteiger partial charge in [0.15, 0.2) is 0 Å². The maximum atomic E-state index is 9.51. The first-order chi connectivity index (χ1) is 6.74. The van der Waals surface area contributed by atoms with E-state index in [0.717, 1.165) is 25.8 Å². The molecule has 1 aromatic heterocycles. The van der Waals surface area contributed by atoms with E-state index in [-0.39, 0.29) is 6.10 Å². The van der Waals surface area contributed by atoms with Crippen LogP contribution >= 0.6 is 0 Å². The molecule has 2 unspecified atom stereocenters. The summed E-state index contributed by atoms with van der Waals surface area (Å²) in [4.78, 5) is 0. The van der Waals surface area contributed by atoms with E-state index in [2.05, 4.69) is 5.10 Å². The van der Waals surface area contributed by atoms with Crippen molar-refractivity contribution in [3.05, 3.63) is 12.3 Å². The van der Waals surface area contributed by atoms with Crippen molar-refractivity contribution in [2.45, 2.75) is 38.3 Å². The van der Waals surface area contributed by atoms with Gasteiger partial charge in [0, 0.05) is 12.7 Å². The molecule has 0 spiro atoms. The number of hydrogen-bond acceptors (Lipinski definition) is 3. The van der Waals surface area contributed by atoms with Crippen LogP contribution in [0.3, 0.4) is 0 Å². The van der Waals surface area contributed by atoms with E-state index in [1.807, 2.05) is 10.9 Å². The SMILES string of the molecule is Nc1ccn(CC2CCCC(O)C2)n1. The molecule has 78 valence electrons. The molecule has 2 rings (SSSR count). The third kappa shape index (κ3) is 2.26. The molecule has 4 heteroatoms. The van der Waals surface area contributed by atoms with Gasteiger partial charge in [0.1, 0.15) is 5.82 Å². The van der Waals surface area contributed by atoms with E-state index in [4.69, 9.17) is 5.73 Å². The lowest BCUT2D eigenvalue weighted by molar-refractivity contribution is 0.0942. The highest BCUT2D eigenvalue weighted by Crippen LogP contribution is 2.25. The third-order valence-electron chi connectivity index (χ3n) is 2.86. The van der Waals surface area contributed by atoms with Gasteiger partial charge in [-0.25, -0.2) is 0 Å². The summed E-state index contributed by atoms with van der Waals surface area (Å²) >= 11 is 0. The first-order valence-electron chi connectivity index (χ1n) is 5.21. The van der Waals surface area contributed by atoms with Gasteiger partial charge in [0.2, 0.25) is 0 Å². The number of nitrogens with two attached hydrogens (primary N) is 1. The van der Waals surface area contributed by atoms with Crippen LogP contribution in [0.15, 0.2) is 12.3 Å². The molecule has 1 aliphatic carbocycles. The maximum Gasteiger partial charge on any atom is 0.145 e. The zero-order chi connectivity index (χ0) is 9.97. The van der Waals surface area contributed by atoms with Crippen molar-refractivity contribution in [1.29, 1.82) is 0 Å². The molecule has 0 amide bonds. The molecule has 1 fully saturated rings. The summed E-state index contributed by atoms with van der Waals surface area (Å²) in [5.41, 5.74) is 5.53. The van der Waals surface area contributed by atoms with Crippen LogP contribution in [0.5, 0.6) is 0 Å². The van der Waals surface area contributed by atoms with Crippen molar-refractivity contribution < 1.29 is 5.11 Å². The quantitative estimate of drug-likeness (QED) is 0.740. The molecule has 0 aromatic carbocycles. The molecule has 1 aromatic rings. The van der Waals surface area contributed by atoms with Crippen molar-refractivity contribution in [3.8, 4) is 0 Å². The number of rotatable bonds is 2. The molecule has 14 heavy (non-hydrogen) atoms. The van der Waals surface area contributed by atoms with Crippen LogP contribution < -0.4 is 5.73 Å². The lowest BCUT2D eigenvalue weighted by Gasteiger charge is -2.25. The largest absolute Gasteiger partial charge is 0.393 e. The Balaban J connectivity index is 1.90. The molecule has 0 saturated heterocycles. The Labute approximate surface area is 83.7 Å². The second-order valence-electron chi connectivity index (χ2n) is 4.15. The van der Waals surface area contributed by atoms with Crippen molar-refractivity contribution in [1.82, 2.24) is 9.78 Å². The van der Waals surface area contributed by atoms with Gasteiger partial charge in [0.25, 0.3) is 0 Å². The van der Waals surface area contributed by atoms with Crippen LogP contribution in [0.1, 0.15) is 25.7 Å². The fourth-order valence-corrected chi connectivity index (χ4v) is 2.17. The summed E-state index contributed by atoms with van der Waals surface area (Å²) in [7, 11) is 0. The number of aromatic nitrogens is 2. The standard InChI is InChI=1S/C10H17N3O/c11-10-4-5-13(12-10)7-8-2-1-3-9(14)6-8/h4-5,8-9,14H,1-3,6-7H2,(H2,11,12). The molecule has 2 atom stereocenters. The number of aliphatic hydroxyl groups excluding tert-OH is 1. The van der Waals surface area contributed by atoms with Crippen LogP contribution in [-0.2, 0) is 6.54 Å². The van der Waals surface area contributed by atoms with E-state index < -0.39 is 0 Å². The number of anilines is 1. The van der Waals surface area contributed by atoms with Crippen LogP contribution in [0.2, 0.25) is 0 Å². The average molecular weight is 195 g/mol. The predicted octanol–water partition coefficient (Wildman–Crippen LogP) is 1.02. The van der Waals surface area contributed by atoms with Gasteiger partial charge in [-0.2, -0.15) is 5.10 Å². The van der Waals surface area contributed by atoms with E-state index in [0.29, 0.717) is 11.7 Å². The molecular weight excluding hydrogens is 178 g/mol. The van der Waals surface area contributed by atoms with Gasteiger partial charge in [-0.05, 0) is 31.2 Å². The Morgan fingerprint density at radius 1 is 1.57 bits per heavy atom. The Kier molecular flexibility index (Phi) is 2.72. The smallest absolute Gasteiger partial charge is 0.145 e. The predicted molar refractivity (Wildman–Crippen MR) is 54.6 cm³/mol. The van der Waals surface area contributed by atoms with Crippen LogP contribution in [0.25, 0.3) is 0 Å². The van der Waals surface area contributed by atoms with Crippen molar-refractivity contribution >= 4 is 5.82 Å². The molecule has 0 bridgehead atoms. The third-order valence-corrected chi connectivity index (χ3v) is 2.86. The fraction of sp³-hybridized carbons (Fsp3) is 0.700. The number of aliphatic hydroxyl groups is 1. The van der Waals surface area contributed by atoms with E-state index >= 15 is 0 Å².